The highest BCUT2D eigenvalue weighted by atomic mass is 35.5. The number of nitrogens with one attached hydrogen (secondary N) is 2. The summed E-state index contributed by atoms with van der Waals surface area (Å²) in [5.41, 5.74) is 2.02. The van der Waals surface area contributed by atoms with Gasteiger partial charge in [0.1, 0.15) is 17.0 Å². The highest BCUT2D eigenvalue weighted by Crippen LogP contribution is 2.38. The number of carbonyl (C=O) groups is 1. The third kappa shape index (κ3) is 4.44. The Balaban J connectivity index is 1.58. The fraction of sp³-hybridized carbons (Fsp3) is 0.286. The molecule has 0 saturated heterocycles. The maximum absolute atomic E-state index is 12.5. The van der Waals surface area contributed by atoms with Crippen LogP contribution in [0, 0.1) is 0 Å². The molecule has 1 aromatic carbocycles. The summed E-state index contributed by atoms with van der Waals surface area (Å²) in [4.78, 5) is 25.4. The Morgan fingerprint density at radius 2 is 2.17 bits per heavy atom. The van der Waals surface area contributed by atoms with Crippen LogP contribution in [-0.2, 0) is 17.8 Å². The van der Waals surface area contributed by atoms with Gasteiger partial charge in [0.15, 0.2) is 0 Å². The van der Waals surface area contributed by atoms with Crippen molar-refractivity contribution in [1.82, 2.24) is 20.2 Å². The second-order valence-corrected chi connectivity index (χ2v) is 8.78. The van der Waals surface area contributed by atoms with E-state index < -0.39 is 0 Å². The first-order valence-corrected chi connectivity index (χ1v) is 11.3. The molecular formula is C21H21Cl2N5OS. The van der Waals surface area contributed by atoms with Crippen LogP contribution in [0.25, 0.3) is 10.2 Å². The number of hydrogen-bond acceptors (Lipinski definition) is 6. The number of hydrogen-bond donors (Lipinski definition) is 2. The van der Waals surface area contributed by atoms with Crippen molar-refractivity contribution in [3.05, 3.63) is 57.2 Å². The molecule has 6 nitrogen and oxygen atoms in total. The third-order valence-electron chi connectivity index (χ3n) is 4.90. The first kappa shape index (κ1) is 21.1. The van der Waals surface area contributed by atoms with Crippen molar-refractivity contribution in [2.45, 2.75) is 19.9 Å². The number of nitrogens with zero attached hydrogens (tertiary/aromatic N) is 3. The number of halogens is 2. The minimum Gasteiger partial charge on any atom is -0.340 e. The van der Waals surface area contributed by atoms with E-state index in [0.29, 0.717) is 29.7 Å². The van der Waals surface area contributed by atoms with Crippen molar-refractivity contribution in [2.75, 3.05) is 25.0 Å². The van der Waals surface area contributed by atoms with Crippen LogP contribution in [0.4, 0.5) is 11.5 Å². The van der Waals surface area contributed by atoms with E-state index in [0.717, 1.165) is 39.6 Å². The van der Waals surface area contributed by atoms with Crippen LogP contribution in [0.3, 0.4) is 0 Å². The number of amides is 1. The maximum Gasteiger partial charge on any atom is 0.246 e. The number of benzene rings is 1. The molecular weight excluding hydrogens is 441 g/mol. The molecule has 2 aromatic heterocycles. The zero-order chi connectivity index (χ0) is 21.1. The Hall–Kier alpha value is -2.19. The van der Waals surface area contributed by atoms with Gasteiger partial charge in [-0.2, -0.15) is 0 Å². The normalized spacial score (nSPS) is 13.8. The average molecular weight is 462 g/mol. The van der Waals surface area contributed by atoms with Crippen molar-refractivity contribution in [2.24, 2.45) is 0 Å². The SMILES string of the molecule is CCNC/C=C/C(=O)N1CCc2c(sc3ncnc(Nc4ccc(Cl)c(Cl)c4)c23)C1. The van der Waals surface area contributed by atoms with Crippen LogP contribution in [0.15, 0.2) is 36.7 Å². The molecule has 0 atom stereocenters. The zero-order valence-electron chi connectivity index (χ0n) is 16.4. The molecule has 30 heavy (non-hydrogen) atoms. The second kappa shape index (κ2) is 9.31. The van der Waals surface area contributed by atoms with E-state index in [4.69, 9.17) is 23.2 Å². The summed E-state index contributed by atoms with van der Waals surface area (Å²) in [5.74, 6) is 0.775. The van der Waals surface area contributed by atoms with Gasteiger partial charge >= 0.3 is 0 Å². The largest absolute Gasteiger partial charge is 0.340 e. The summed E-state index contributed by atoms with van der Waals surface area (Å²) in [5, 5.41) is 8.52. The number of aromatic nitrogens is 2. The molecule has 0 radical (unpaired) electrons. The lowest BCUT2D eigenvalue weighted by atomic mass is 10.0. The molecule has 1 aliphatic rings. The van der Waals surface area contributed by atoms with Gasteiger partial charge in [0.2, 0.25) is 5.91 Å². The van der Waals surface area contributed by atoms with Crippen LogP contribution in [0.2, 0.25) is 10.0 Å². The Morgan fingerprint density at radius 1 is 1.30 bits per heavy atom. The summed E-state index contributed by atoms with van der Waals surface area (Å²) in [6, 6.07) is 5.39. The molecule has 0 saturated carbocycles. The van der Waals surface area contributed by atoms with Crippen LogP contribution < -0.4 is 10.6 Å². The minimum atomic E-state index is 0.0382. The molecule has 3 heterocycles. The second-order valence-electron chi connectivity index (χ2n) is 6.88. The summed E-state index contributed by atoms with van der Waals surface area (Å²) in [6.07, 6.45) is 5.84. The first-order valence-electron chi connectivity index (χ1n) is 9.70. The van der Waals surface area contributed by atoms with Crippen molar-refractivity contribution >= 4 is 62.2 Å². The van der Waals surface area contributed by atoms with Crippen molar-refractivity contribution in [3.8, 4) is 0 Å². The van der Waals surface area contributed by atoms with E-state index in [1.165, 1.54) is 5.56 Å². The standard InChI is InChI=1S/C21H21Cl2N5OS/c1-2-24-8-3-4-18(29)28-9-7-14-17(11-28)30-21-19(14)20(25-12-26-21)27-13-5-6-15(22)16(23)10-13/h3-6,10,12,24H,2,7-9,11H2,1H3,(H,25,26,27)/b4-3+. The molecule has 3 aromatic rings. The smallest absolute Gasteiger partial charge is 0.246 e. The Bertz CT molecular complexity index is 1110. The van der Waals surface area contributed by atoms with Crippen molar-refractivity contribution in [3.63, 3.8) is 0 Å². The predicted molar refractivity (Wildman–Crippen MR) is 124 cm³/mol. The van der Waals surface area contributed by atoms with Gasteiger partial charge in [-0.1, -0.05) is 36.2 Å². The van der Waals surface area contributed by atoms with Gasteiger partial charge in [0.05, 0.1) is 22.0 Å². The van der Waals surface area contributed by atoms with Gasteiger partial charge in [-0.25, -0.2) is 9.97 Å². The Kier molecular flexibility index (Phi) is 6.53. The fourth-order valence-corrected chi connectivity index (χ4v) is 4.92. The molecule has 0 fully saturated rings. The monoisotopic (exact) mass is 461 g/mol. The number of anilines is 2. The number of rotatable bonds is 6. The van der Waals surface area contributed by atoms with E-state index in [1.807, 2.05) is 24.0 Å². The van der Waals surface area contributed by atoms with Gasteiger partial charge in [-0.15, -0.1) is 11.3 Å². The lowest BCUT2D eigenvalue weighted by Gasteiger charge is -2.26. The van der Waals surface area contributed by atoms with Crippen molar-refractivity contribution < 1.29 is 4.79 Å². The number of thiophene rings is 1. The van der Waals surface area contributed by atoms with E-state index in [-0.39, 0.29) is 5.91 Å². The van der Waals surface area contributed by atoms with Crippen LogP contribution in [0.1, 0.15) is 17.4 Å². The topological polar surface area (TPSA) is 70.2 Å². The van der Waals surface area contributed by atoms with Gasteiger partial charge < -0.3 is 15.5 Å². The molecule has 156 valence electrons. The molecule has 1 amide bonds. The predicted octanol–water partition coefficient (Wildman–Crippen LogP) is 4.79. The zero-order valence-corrected chi connectivity index (χ0v) is 18.7. The molecule has 9 heteroatoms. The quantitative estimate of drug-likeness (QED) is 0.407. The van der Waals surface area contributed by atoms with Gasteiger partial charge in [0.25, 0.3) is 0 Å². The number of carbonyl (C=O) groups excluding carboxylic acids is 1. The van der Waals surface area contributed by atoms with E-state index in [1.54, 1.807) is 35.9 Å². The van der Waals surface area contributed by atoms with E-state index >= 15 is 0 Å². The van der Waals surface area contributed by atoms with Crippen LogP contribution in [0.5, 0.6) is 0 Å². The van der Waals surface area contributed by atoms with E-state index in [9.17, 15) is 4.79 Å². The molecule has 2 N–H and O–H groups in total. The molecule has 1 aliphatic heterocycles. The van der Waals surface area contributed by atoms with Crippen LogP contribution in [-0.4, -0.2) is 40.4 Å². The molecule has 0 bridgehead atoms. The first-order chi connectivity index (χ1) is 14.6. The molecule has 0 unspecified atom stereocenters. The average Bonchev–Trinajstić information content (AvgIpc) is 3.12. The number of fused-ring (bicyclic) bond motifs is 3. The highest BCUT2D eigenvalue weighted by Gasteiger charge is 2.25. The molecule has 4 rings (SSSR count). The van der Waals surface area contributed by atoms with Crippen molar-refractivity contribution in [1.29, 1.82) is 0 Å². The fourth-order valence-electron chi connectivity index (χ4n) is 3.41. The third-order valence-corrected chi connectivity index (χ3v) is 6.77. The highest BCUT2D eigenvalue weighted by molar-refractivity contribution is 7.19. The summed E-state index contributed by atoms with van der Waals surface area (Å²) in [7, 11) is 0. The minimum absolute atomic E-state index is 0.0382. The van der Waals surface area contributed by atoms with Gasteiger partial charge in [-0.3, -0.25) is 4.79 Å². The summed E-state index contributed by atoms with van der Waals surface area (Å²) < 4.78 is 0. The summed E-state index contributed by atoms with van der Waals surface area (Å²) >= 11 is 13.8. The molecule has 0 aliphatic carbocycles. The Morgan fingerprint density at radius 3 is 2.97 bits per heavy atom. The Labute approximate surface area is 188 Å². The lowest BCUT2D eigenvalue weighted by molar-refractivity contribution is -0.126. The molecule has 0 spiro atoms. The van der Waals surface area contributed by atoms with Gasteiger partial charge in [-0.05, 0) is 36.7 Å². The van der Waals surface area contributed by atoms with E-state index in [2.05, 4.69) is 20.6 Å². The van der Waals surface area contributed by atoms with Gasteiger partial charge in [0, 0.05) is 29.7 Å². The number of likely N-dealkylation sites (N-methyl/N-ethyl adjacent to an activating group) is 1. The summed E-state index contributed by atoms with van der Waals surface area (Å²) in [6.45, 7) is 4.88. The van der Waals surface area contributed by atoms with Crippen LogP contribution >= 0.6 is 34.5 Å². The maximum atomic E-state index is 12.5. The lowest BCUT2D eigenvalue weighted by Crippen LogP contribution is -2.34.